The van der Waals surface area contributed by atoms with Crippen LogP contribution in [0.1, 0.15) is 25.0 Å². The molecule has 0 bridgehead atoms. The highest BCUT2D eigenvalue weighted by molar-refractivity contribution is 5.03. The molecule has 1 aromatic heterocycles. The third-order valence-corrected chi connectivity index (χ3v) is 2.98. The molecule has 0 aliphatic carbocycles. The van der Waals surface area contributed by atoms with Crippen LogP contribution in [0.2, 0.25) is 0 Å². The fraction of sp³-hybridized carbons (Fsp3) is 0.778. The van der Waals surface area contributed by atoms with Crippen molar-refractivity contribution in [2.75, 3.05) is 0 Å². The summed E-state index contributed by atoms with van der Waals surface area (Å²) in [6.45, 7) is 2.07. The number of fused-ring (bicyclic) bond motifs is 1. The summed E-state index contributed by atoms with van der Waals surface area (Å²) in [5, 5.41) is 6.78. The van der Waals surface area contributed by atoms with Crippen LogP contribution in [0.4, 0.5) is 13.2 Å². The van der Waals surface area contributed by atoms with Crippen molar-refractivity contribution in [2.24, 2.45) is 11.7 Å². The molecule has 0 fully saturated rings. The Hall–Kier alpha value is -1.11. The predicted molar refractivity (Wildman–Crippen MR) is 50.5 cm³/mol. The van der Waals surface area contributed by atoms with E-state index in [-0.39, 0.29) is 18.5 Å². The summed E-state index contributed by atoms with van der Waals surface area (Å²) in [6.07, 6.45) is -3.16. The molecule has 0 spiro atoms. The average molecular weight is 234 g/mol. The molecule has 1 aliphatic rings. The Labute approximate surface area is 90.6 Å². The van der Waals surface area contributed by atoms with Gasteiger partial charge in [-0.05, 0) is 19.3 Å². The Bertz CT molecular complexity index is 383. The van der Waals surface area contributed by atoms with Crippen LogP contribution in [0.15, 0.2) is 0 Å². The van der Waals surface area contributed by atoms with Crippen molar-refractivity contribution in [2.45, 2.75) is 38.5 Å². The summed E-state index contributed by atoms with van der Waals surface area (Å²) in [5.74, 6) is -0.443. The van der Waals surface area contributed by atoms with Gasteiger partial charge in [-0.25, -0.2) is 0 Å². The molecule has 2 N–H and O–H groups in total. The van der Waals surface area contributed by atoms with Crippen LogP contribution in [0.25, 0.3) is 0 Å². The van der Waals surface area contributed by atoms with Crippen LogP contribution < -0.4 is 5.73 Å². The van der Waals surface area contributed by atoms with Gasteiger partial charge in [0.15, 0.2) is 0 Å². The minimum atomic E-state index is -4.44. The second-order valence-corrected chi connectivity index (χ2v) is 4.21. The number of hydrogen-bond donors (Lipinski definition) is 1. The molecular formula is C9H13F3N4. The Balaban J connectivity index is 2.32. The van der Waals surface area contributed by atoms with Gasteiger partial charge in [-0.2, -0.15) is 13.2 Å². The van der Waals surface area contributed by atoms with Gasteiger partial charge in [0.05, 0.1) is 0 Å². The number of aromatic nitrogens is 3. The maximum Gasteiger partial charge on any atom is 0.451 e. The largest absolute Gasteiger partial charge is 0.451 e. The van der Waals surface area contributed by atoms with Crippen LogP contribution in [0.5, 0.6) is 0 Å². The second-order valence-electron chi connectivity index (χ2n) is 4.21. The van der Waals surface area contributed by atoms with Gasteiger partial charge < -0.3 is 10.3 Å². The van der Waals surface area contributed by atoms with E-state index in [4.69, 9.17) is 5.73 Å². The van der Waals surface area contributed by atoms with E-state index in [0.29, 0.717) is 12.2 Å². The molecule has 90 valence electrons. The monoisotopic (exact) mass is 234 g/mol. The molecule has 2 atom stereocenters. The van der Waals surface area contributed by atoms with E-state index in [9.17, 15) is 13.2 Å². The van der Waals surface area contributed by atoms with Gasteiger partial charge in [0.2, 0.25) is 5.82 Å². The number of hydrogen-bond acceptors (Lipinski definition) is 3. The average Bonchev–Trinajstić information content (AvgIpc) is 2.58. The zero-order valence-corrected chi connectivity index (χ0v) is 8.83. The Morgan fingerprint density at radius 2 is 2.12 bits per heavy atom. The molecule has 16 heavy (non-hydrogen) atoms. The smallest absolute Gasteiger partial charge is 0.328 e. The molecule has 2 unspecified atom stereocenters. The van der Waals surface area contributed by atoms with Gasteiger partial charge in [0.25, 0.3) is 0 Å². The first-order chi connectivity index (χ1) is 7.39. The summed E-state index contributed by atoms with van der Waals surface area (Å²) in [7, 11) is 0. The molecule has 0 saturated heterocycles. The van der Waals surface area contributed by atoms with E-state index in [0.717, 1.165) is 11.0 Å². The molecule has 0 amide bonds. The maximum atomic E-state index is 12.6. The molecule has 4 nitrogen and oxygen atoms in total. The SMILES string of the molecule is CC(N)C1CCc2nnc(C(F)(F)F)n2C1. The van der Waals surface area contributed by atoms with Gasteiger partial charge in [0.1, 0.15) is 5.82 Å². The van der Waals surface area contributed by atoms with Crippen LogP contribution in [0, 0.1) is 5.92 Å². The van der Waals surface area contributed by atoms with E-state index >= 15 is 0 Å². The third-order valence-electron chi connectivity index (χ3n) is 2.98. The topological polar surface area (TPSA) is 56.7 Å². The van der Waals surface area contributed by atoms with E-state index in [1.54, 1.807) is 0 Å². The van der Waals surface area contributed by atoms with Crippen molar-refractivity contribution < 1.29 is 13.2 Å². The third kappa shape index (κ3) is 1.91. The normalized spacial score (nSPS) is 22.9. The summed E-state index contributed by atoms with van der Waals surface area (Å²) in [4.78, 5) is 0. The van der Waals surface area contributed by atoms with Crippen molar-refractivity contribution in [3.63, 3.8) is 0 Å². The van der Waals surface area contributed by atoms with Crippen molar-refractivity contribution in [1.82, 2.24) is 14.8 Å². The summed E-state index contributed by atoms with van der Waals surface area (Å²) in [5.41, 5.74) is 5.72. The van der Waals surface area contributed by atoms with Crippen LogP contribution >= 0.6 is 0 Å². The highest BCUT2D eigenvalue weighted by atomic mass is 19.4. The highest BCUT2D eigenvalue weighted by Gasteiger charge is 2.40. The predicted octanol–water partition coefficient (Wildman–Crippen LogP) is 1.21. The minimum absolute atomic E-state index is 0.0598. The standard InChI is InChI=1S/C9H13F3N4/c1-5(13)6-2-3-7-14-15-8(9(10,11)12)16(7)4-6/h5-6H,2-4,13H2,1H3. The summed E-state index contributed by atoms with van der Waals surface area (Å²) >= 11 is 0. The molecule has 0 aromatic carbocycles. The lowest BCUT2D eigenvalue weighted by molar-refractivity contribution is -0.148. The Kier molecular flexibility index (Phi) is 2.65. The van der Waals surface area contributed by atoms with Gasteiger partial charge in [-0.15, -0.1) is 10.2 Å². The number of nitrogens with zero attached hydrogens (tertiary/aromatic N) is 3. The summed E-state index contributed by atoms with van der Waals surface area (Å²) < 4.78 is 38.9. The molecule has 2 heterocycles. The molecule has 2 rings (SSSR count). The van der Waals surface area contributed by atoms with Gasteiger partial charge in [-0.3, -0.25) is 0 Å². The van der Waals surface area contributed by atoms with Crippen molar-refractivity contribution >= 4 is 0 Å². The van der Waals surface area contributed by atoms with E-state index in [1.807, 2.05) is 6.92 Å². The molecule has 7 heteroatoms. The number of aryl methyl sites for hydroxylation is 1. The van der Waals surface area contributed by atoms with Gasteiger partial charge in [-0.1, -0.05) is 0 Å². The first-order valence-corrected chi connectivity index (χ1v) is 5.14. The Morgan fingerprint density at radius 3 is 2.69 bits per heavy atom. The summed E-state index contributed by atoms with van der Waals surface area (Å²) in [6, 6.07) is -0.114. The van der Waals surface area contributed by atoms with Crippen LogP contribution in [-0.2, 0) is 19.1 Å². The van der Waals surface area contributed by atoms with Crippen molar-refractivity contribution in [3.05, 3.63) is 11.6 Å². The van der Waals surface area contributed by atoms with Gasteiger partial charge >= 0.3 is 6.18 Å². The molecule has 1 aromatic rings. The number of nitrogens with two attached hydrogens (primary N) is 1. The molecule has 1 aliphatic heterocycles. The molecule has 0 radical (unpaired) electrons. The lowest BCUT2D eigenvalue weighted by Gasteiger charge is -2.27. The fourth-order valence-electron chi connectivity index (χ4n) is 1.99. The lowest BCUT2D eigenvalue weighted by atomic mass is 9.93. The number of rotatable bonds is 1. The quantitative estimate of drug-likeness (QED) is 0.794. The number of halogens is 3. The first kappa shape index (κ1) is 11.4. The second kappa shape index (κ2) is 3.73. The lowest BCUT2D eigenvalue weighted by Crippen LogP contribution is -2.35. The fourth-order valence-corrected chi connectivity index (χ4v) is 1.99. The van der Waals surface area contributed by atoms with Crippen molar-refractivity contribution in [3.8, 4) is 0 Å². The zero-order valence-electron chi connectivity index (χ0n) is 8.83. The molecular weight excluding hydrogens is 221 g/mol. The van der Waals surface area contributed by atoms with Crippen molar-refractivity contribution in [1.29, 1.82) is 0 Å². The zero-order chi connectivity index (χ0) is 11.9. The van der Waals surface area contributed by atoms with Crippen LogP contribution in [0.3, 0.4) is 0 Å². The van der Waals surface area contributed by atoms with E-state index < -0.39 is 12.0 Å². The van der Waals surface area contributed by atoms with E-state index in [2.05, 4.69) is 10.2 Å². The molecule has 0 saturated carbocycles. The maximum absolute atomic E-state index is 12.6. The first-order valence-electron chi connectivity index (χ1n) is 5.14. The van der Waals surface area contributed by atoms with Crippen LogP contribution in [-0.4, -0.2) is 20.8 Å². The van der Waals surface area contributed by atoms with E-state index in [1.165, 1.54) is 0 Å². The Morgan fingerprint density at radius 1 is 1.44 bits per heavy atom. The number of alkyl halides is 3. The highest BCUT2D eigenvalue weighted by Crippen LogP contribution is 2.31. The van der Waals surface area contributed by atoms with Gasteiger partial charge in [0, 0.05) is 19.0 Å². The minimum Gasteiger partial charge on any atom is -0.328 e.